The van der Waals surface area contributed by atoms with Crippen LogP contribution in [0.1, 0.15) is 36.7 Å². The van der Waals surface area contributed by atoms with Gasteiger partial charge in [-0.25, -0.2) is 18.1 Å². The van der Waals surface area contributed by atoms with Gasteiger partial charge in [0.15, 0.2) is 0 Å². The van der Waals surface area contributed by atoms with Crippen molar-refractivity contribution in [3.63, 3.8) is 0 Å². The second kappa shape index (κ2) is 8.61. The zero-order valence-electron chi connectivity index (χ0n) is 18.7. The fraction of sp³-hybridized carbons (Fsp3) is 0.200. The third-order valence-corrected chi connectivity index (χ3v) is 7.34. The minimum Gasteiger partial charge on any atom is -0.495 e. The van der Waals surface area contributed by atoms with Gasteiger partial charge in [0.2, 0.25) is 0 Å². The second-order valence-electron chi connectivity index (χ2n) is 8.67. The smallest absolute Gasteiger partial charge is 0.268 e. The monoisotopic (exact) mass is 480 g/mol. The summed E-state index contributed by atoms with van der Waals surface area (Å²) in [6, 6.07) is 15.8. The minimum atomic E-state index is -4.16. The van der Waals surface area contributed by atoms with E-state index < -0.39 is 15.9 Å². The lowest BCUT2D eigenvalue weighted by Crippen LogP contribution is -2.31. The van der Waals surface area contributed by atoms with Crippen molar-refractivity contribution < 1.29 is 17.9 Å². The van der Waals surface area contributed by atoms with Crippen molar-refractivity contribution in [1.29, 1.82) is 0 Å². The standard InChI is InChI=1S/C25H24N2O4S2/c1-25(2,3)18-9-11-22(31-4)23(13-18)33(29,30)27-24(28)17-8-10-19-16(12-17)6-5-7-20(19)21-14-32-15-26-21/h5-15H,1-4H3,(H,27,28). The van der Waals surface area contributed by atoms with Gasteiger partial charge >= 0.3 is 0 Å². The summed E-state index contributed by atoms with van der Waals surface area (Å²) < 4.78 is 33.7. The SMILES string of the molecule is COc1ccc(C(C)(C)C)cc1S(=O)(=O)NC(=O)c1ccc2c(-c3cscn3)cccc2c1. The number of aromatic nitrogens is 1. The largest absolute Gasteiger partial charge is 0.495 e. The molecule has 0 saturated heterocycles. The predicted molar refractivity (Wildman–Crippen MR) is 131 cm³/mol. The first kappa shape index (κ1) is 22.9. The molecule has 0 atom stereocenters. The Balaban J connectivity index is 1.68. The average molecular weight is 481 g/mol. The molecule has 0 bridgehead atoms. The first-order chi connectivity index (χ1) is 15.6. The summed E-state index contributed by atoms with van der Waals surface area (Å²) in [5.41, 5.74) is 4.37. The molecule has 1 aromatic heterocycles. The number of nitrogens with zero attached hydrogens (tertiary/aromatic N) is 1. The third-order valence-electron chi connectivity index (χ3n) is 5.40. The Kier molecular flexibility index (Phi) is 5.99. The summed E-state index contributed by atoms with van der Waals surface area (Å²) in [5, 5.41) is 3.71. The second-order valence-corrected chi connectivity index (χ2v) is 11.0. The number of thiazole rings is 1. The lowest BCUT2D eigenvalue weighted by Gasteiger charge is -2.21. The topological polar surface area (TPSA) is 85.4 Å². The molecule has 0 aliphatic carbocycles. The van der Waals surface area contributed by atoms with E-state index in [9.17, 15) is 13.2 Å². The molecule has 4 rings (SSSR count). The van der Waals surface area contributed by atoms with Crippen LogP contribution in [0.4, 0.5) is 0 Å². The summed E-state index contributed by atoms with van der Waals surface area (Å²) >= 11 is 1.51. The Morgan fingerprint density at radius 1 is 1.06 bits per heavy atom. The van der Waals surface area contributed by atoms with Gasteiger partial charge in [-0.1, -0.05) is 51.1 Å². The van der Waals surface area contributed by atoms with Gasteiger partial charge in [0.1, 0.15) is 10.6 Å². The number of hydrogen-bond donors (Lipinski definition) is 1. The molecule has 170 valence electrons. The van der Waals surface area contributed by atoms with Gasteiger partial charge < -0.3 is 4.74 Å². The number of rotatable bonds is 5. The summed E-state index contributed by atoms with van der Waals surface area (Å²) in [5.74, 6) is -0.533. The van der Waals surface area contributed by atoms with Crippen molar-refractivity contribution >= 4 is 38.0 Å². The van der Waals surface area contributed by atoms with Crippen LogP contribution in [-0.2, 0) is 15.4 Å². The van der Waals surface area contributed by atoms with Crippen molar-refractivity contribution in [2.24, 2.45) is 0 Å². The molecule has 3 aromatic carbocycles. The van der Waals surface area contributed by atoms with Gasteiger partial charge in [0.05, 0.1) is 18.3 Å². The maximum atomic E-state index is 13.1. The van der Waals surface area contributed by atoms with Gasteiger partial charge in [0.25, 0.3) is 15.9 Å². The van der Waals surface area contributed by atoms with Gasteiger partial charge in [-0.2, -0.15) is 0 Å². The van der Waals surface area contributed by atoms with Crippen LogP contribution < -0.4 is 9.46 Å². The molecule has 0 aliphatic rings. The van der Waals surface area contributed by atoms with E-state index in [-0.39, 0.29) is 21.6 Å². The number of benzene rings is 3. The Morgan fingerprint density at radius 3 is 2.52 bits per heavy atom. The fourth-order valence-electron chi connectivity index (χ4n) is 3.58. The Hall–Kier alpha value is -3.23. The van der Waals surface area contributed by atoms with E-state index in [2.05, 4.69) is 9.71 Å². The van der Waals surface area contributed by atoms with E-state index >= 15 is 0 Å². The van der Waals surface area contributed by atoms with E-state index in [1.165, 1.54) is 18.4 Å². The molecule has 1 N–H and O–H groups in total. The summed E-state index contributed by atoms with van der Waals surface area (Å²) in [6.45, 7) is 5.95. The predicted octanol–water partition coefficient (Wildman–Crippen LogP) is 5.39. The zero-order valence-corrected chi connectivity index (χ0v) is 20.4. The molecule has 8 heteroatoms. The number of hydrogen-bond acceptors (Lipinski definition) is 6. The number of carbonyl (C=O) groups is 1. The van der Waals surface area contributed by atoms with Gasteiger partial charge in [-0.3, -0.25) is 4.79 Å². The lowest BCUT2D eigenvalue weighted by atomic mass is 9.87. The van der Waals surface area contributed by atoms with Crippen molar-refractivity contribution in [1.82, 2.24) is 9.71 Å². The summed E-state index contributed by atoms with van der Waals surface area (Å²) in [6.07, 6.45) is 0. The van der Waals surface area contributed by atoms with Crippen molar-refractivity contribution in [2.45, 2.75) is 31.1 Å². The van der Waals surface area contributed by atoms with E-state index in [1.54, 1.807) is 29.8 Å². The van der Waals surface area contributed by atoms with Crippen molar-refractivity contribution in [3.8, 4) is 17.0 Å². The molecule has 1 amide bonds. The lowest BCUT2D eigenvalue weighted by molar-refractivity contribution is 0.0981. The first-order valence-corrected chi connectivity index (χ1v) is 12.7. The molecule has 4 aromatic rings. The number of ether oxygens (including phenoxy) is 1. The normalized spacial score (nSPS) is 12.0. The minimum absolute atomic E-state index is 0.0719. The van der Waals surface area contributed by atoms with Gasteiger partial charge in [0, 0.05) is 16.5 Å². The number of nitrogens with one attached hydrogen (secondary N) is 1. The van der Waals surface area contributed by atoms with E-state index in [0.29, 0.717) is 0 Å². The van der Waals surface area contributed by atoms with Crippen LogP contribution in [0.25, 0.3) is 22.0 Å². The molecule has 0 spiro atoms. The Morgan fingerprint density at radius 2 is 1.85 bits per heavy atom. The summed E-state index contributed by atoms with van der Waals surface area (Å²) in [4.78, 5) is 17.2. The van der Waals surface area contributed by atoms with Crippen LogP contribution in [0, 0.1) is 0 Å². The van der Waals surface area contributed by atoms with Gasteiger partial charge in [-0.15, -0.1) is 11.3 Å². The molecule has 0 saturated carbocycles. The zero-order chi connectivity index (χ0) is 23.8. The first-order valence-electron chi connectivity index (χ1n) is 10.3. The Bertz CT molecular complexity index is 1440. The van der Waals surface area contributed by atoms with Crippen molar-refractivity contribution in [2.75, 3.05) is 7.11 Å². The van der Waals surface area contributed by atoms with E-state index in [0.717, 1.165) is 27.6 Å². The Labute approximate surface area is 197 Å². The number of sulfonamides is 1. The fourth-order valence-corrected chi connectivity index (χ4v) is 5.31. The maximum Gasteiger partial charge on any atom is 0.268 e. The molecular weight excluding hydrogens is 456 g/mol. The molecule has 0 radical (unpaired) electrons. The maximum absolute atomic E-state index is 13.1. The van der Waals surface area contributed by atoms with E-state index in [1.807, 2.05) is 56.5 Å². The van der Waals surface area contributed by atoms with Crippen LogP contribution in [0.15, 0.2) is 70.4 Å². The highest BCUT2D eigenvalue weighted by Gasteiger charge is 2.26. The summed E-state index contributed by atoms with van der Waals surface area (Å²) in [7, 11) is -2.76. The molecule has 6 nitrogen and oxygen atoms in total. The molecule has 1 heterocycles. The average Bonchev–Trinajstić information content (AvgIpc) is 3.31. The quantitative estimate of drug-likeness (QED) is 0.414. The highest BCUT2D eigenvalue weighted by atomic mass is 32.2. The van der Waals surface area contributed by atoms with Crippen LogP contribution in [0.2, 0.25) is 0 Å². The number of methoxy groups -OCH3 is 1. The molecule has 33 heavy (non-hydrogen) atoms. The van der Waals surface area contributed by atoms with Crippen LogP contribution >= 0.6 is 11.3 Å². The van der Waals surface area contributed by atoms with Crippen LogP contribution in [-0.4, -0.2) is 26.4 Å². The van der Waals surface area contributed by atoms with Crippen molar-refractivity contribution in [3.05, 3.63) is 76.6 Å². The number of fused-ring (bicyclic) bond motifs is 1. The molecule has 0 aliphatic heterocycles. The number of amides is 1. The highest BCUT2D eigenvalue weighted by Crippen LogP contribution is 2.32. The van der Waals surface area contributed by atoms with E-state index in [4.69, 9.17) is 4.74 Å². The van der Waals surface area contributed by atoms with Crippen LogP contribution in [0.5, 0.6) is 5.75 Å². The third kappa shape index (κ3) is 4.62. The number of carbonyl (C=O) groups excluding carboxylic acids is 1. The highest BCUT2D eigenvalue weighted by molar-refractivity contribution is 7.90. The molecular formula is C25H24N2O4S2. The van der Waals surface area contributed by atoms with Gasteiger partial charge in [-0.05, 0) is 46.0 Å². The molecule has 0 fully saturated rings. The van der Waals surface area contributed by atoms with Crippen LogP contribution in [0.3, 0.4) is 0 Å². The molecule has 0 unspecified atom stereocenters.